The van der Waals surface area contributed by atoms with E-state index in [1.165, 1.54) is 19.3 Å². The summed E-state index contributed by atoms with van der Waals surface area (Å²) in [5.74, 6) is 0.764. The Balaban J connectivity index is 1.76. The van der Waals surface area contributed by atoms with Crippen molar-refractivity contribution in [1.82, 2.24) is 4.90 Å². The second-order valence-corrected chi connectivity index (χ2v) is 7.59. The summed E-state index contributed by atoms with van der Waals surface area (Å²) >= 11 is 3.51. The third kappa shape index (κ3) is 4.83. The molecule has 0 spiro atoms. The van der Waals surface area contributed by atoms with Crippen LogP contribution in [0.2, 0.25) is 0 Å². The van der Waals surface area contributed by atoms with Gasteiger partial charge in [-0.05, 0) is 79.7 Å². The lowest BCUT2D eigenvalue weighted by atomic mass is 9.98. The van der Waals surface area contributed by atoms with Gasteiger partial charge in [0.2, 0.25) is 0 Å². The highest BCUT2D eigenvalue weighted by atomic mass is 79.9. The van der Waals surface area contributed by atoms with Crippen molar-refractivity contribution in [1.29, 1.82) is 0 Å². The summed E-state index contributed by atoms with van der Waals surface area (Å²) in [5, 5.41) is 0. The number of benzene rings is 2. The predicted molar refractivity (Wildman–Crippen MR) is 104 cm³/mol. The molecule has 0 aliphatic carbocycles. The van der Waals surface area contributed by atoms with Gasteiger partial charge in [-0.2, -0.15) is 0 Å². The molecule has 3 rings (SSSR count). The molecule has 0 bridgehead atoms. The molecule has 2 nitrogen and oxygen atoms in total. The monoisotopic (exact) mass is 405 g/mol. The average Bonchev–Trinajstić information content (AvgIpc) is 2.62. The lowest BCUT2D eigenvalue weighted by Gasteiger charge is -2.27. The fourth-order valence-corrected chi connectivity index (χ4v) is 4.00. The van der Waals surface area contributed by atoms with Crippen molar-refractivity contribution in [2.45, 2.75) is 38.6 Å². The smallest absolute Gasteiger partial charge is 0.126 e. The number of piperidine rings is 1. The van der Waals surface area contributed by atoms with E-state index in [9.17, 15) is 4.39 Å². The summed E-state index contributed by atoms with van der Waals surface area (Å²) in [4.78, 5) is 2.45. The number of likely N-dealkylation sites (tertiary alicyclic amines) is 1. The van der Waals surface area contributed by atoms with E-state index in [2.05, 4.69) is 33.0 Å². The van der Waals surface area contributed by atoms with Crippen molar-refractivity contribution in [2.24, 2.45) is 0 Å². The number of rotatable bonds is 6. The Morgan fingerprint density at radius 1 is 1.04 bits per heavy atom. The van der Waals surface area contributed by atoms with Gasteiger partial charge in [0.1, 0.15) is 11.6 Å². The molecule has 1 aliphatic heterocycles. The van der Waals surface area contributed by atoms with Crippen LogP contribution < -0.4 is 4.74 Å². The van der Waals surface area contributed by atoms with Crippen molar-refractivity contribution in [2.75, 3.05) is 20.2 Å². The Labute approximate surface area is 158 Å². The molecular formula is C21H25BrFNO. The number of hydrogen-bond acceptors (Lipinski definition) is 2. The maximum absolute atomic E-state index is 14.5. The number of ether oxygens (including phenoxy) is 1. The molecule has 1 fully saturated rings. The highest BCUT2D eigenvalue weighted by Gasteiger charge is 2.15. The average molecular weight is 406 g/mol. The van der Waals surface area contributed by atoms with Crippen LogP contribution in [0.3, 0.4) is 0 Å². The standard InChI is InChI=1S/C21H25BrFNO/c1-25-21-11-9-18(22)14-16(21)8-10-19-17(6-5-7-20(19)23)15-24-12-3-2-4-13-24/h5-7,9,11,14H,2-4,8,10,12-13,15H2,1H3. The molecule has 0 radical (unpaired) electrons. The predicted octanol–water partition coefficient (Wildman–Crippen LogP) is 5.37. The molecule has 0 saturated carbocycles. The van der Waals surface area contributed by atoms with E-state index in [1.807, 2.05) is 18.2 Å². The van der Waals surface area contributed by atoms with Gasteiger partial charge in [0.25, 0.3) is 0 Å². The van der Waals surface area contributed by atoms with Crippen LogP contribution in [-0.2, 0) is 19.4 Å². The fourth-order valence-electron chi connectivity index (χ4n) is 3.59. The van der Waals surface area contributed by atoms with Crippen molar-refractivity contribution < 1.29 is 9.13 Å². The minimum Gasteiger partial charge on any atom is -0.496 e. The van der Waals surface area contributed by atoms with Gasteiger partial charge < -0.3 is 4.74 Å². The molecule has 0 unspecified atom stereocenters. The van der Waals surface area contributed by atoms with Crippen LogP contribution in [0, 0.1) is 5.82 Å². The van der Waals surface area contributed by atoms with Crippen LogP contribution in [0.25, 0.3) is 0 Å². The SMILES string of the molecule is COc1ccc(Br)cc1CCc1c(F)cccc1CN1CCCCC1. The third-order valence-corrected chi connectivity index (χ3v) is 5.44. The number of hydrogen-bond donors (Lipinski definition) is 0. The molecule has 0 atom stereocenters. The van der Waals surface area contributed by atoms with Gasteiger partial charge in [-0.1, -0.05) is 34.5 Å². The Morgan fingerprint density at radius 2 is 1.84 bits per heavy atom. The number of aryl methyl sites for hydroxylation is 1. The van der Waals surface area contributed by atoms with Crippen LogP contribution in [0.5, 0.6) is 5.75 Å². The molecule has 2 aromatic rings. The van der Waals surface area contributed by atoms with Gasteiger partial charge in [0.05, 0.1) is 7.11 Å². The Morgan fingerprint density at radius 3 is 2.60 bits per heavy atom. The quantitative estimate of drug-likeness (QED) is 0.640. The lowest BCUT2D eigenvalue weighted by Crippen LogP contribution is -2.29. The molecule has 25 heavy (non-hydrogen) atoms. The van der Waals surface area contributed by atoms with Crippen LogP contribution in [-0.4, -0.2) is 25.1 Å². The van der Waals surface area contributed by atoms with Crippen molar-refractivity contribution >= 4 is 15.9 Å². The molecular weight excluding hydrogens is 381 g/mol. The summed E-state index contributed by atoms with van der Waals surface area (Å²) in [7, 11) is 1.68. The first kappa shape index (κ1) is 18.4. The van der Waals surface area contributed by atoms with Gasteiger partial charge in [-0.3, -0.25) is 4.90 Å². The van der Waals surface area contributed by atoms with Gasteiger partial charge in [0.15, 0.2) is 0 Å². The zero-order chi connectivity index (χ0) is 17.6. The molecule has 0 N–H and O–H groups in total. The summed E-state index contributed by atoms with van der Waals surface area (Å²) in [6.07, 6.45) is 5.26. The minimum absolute atomic E-state index is 0.0940. The number of nitrogens with zero attached hydrogens (tertiary/aromatic N) is 1. The van der Waals surface area contributed by atoms with Gasteiger partial charge in [-0.25, -0.2) is 4.39 Å². The number of halogens is 2. The molecule has 1 saturated heterocycles. The second-order valence-electron chi connectivity index (χ2n) is 6.67. The van der Waals surface area contributed by atoms with E-state index >= 15 is 0 Å². The molecule has 0 amide bonds. The van der Waals surface area contributed by atoms with Gasteiger partial charge in [0, 0.05) is 11.0 Å². The van der Waals surface area contributed by atoms with E-state index in [1.54, 1.807) is 13.2 Å². The van der Waals surface area contributed by atoms with E-state index in [0.29, 0.717) is 6.42 Å². The zero-order valence-electron chi connectivity index (χ0n) is 14.7. The molecule has 134 valence electrons. The first-order chi connectivity index (χ1) is 12.2. The zero-order valence-corrected chi connectivity index (χ0v) is 16.3. The van der Waals surface area contributed by atoms with Crippen LogP contribution in [0.4, 0.5) is 4.39 Å². The van der Waals surface area contributed by atoms with Crippen LogP contribution in [0.15, 0.2) is 40.9 Å². The third-order valence-electron chi connectivity index (χ3n) is 4.95. The summed E-state index contributed by atoms with van der Waals surface area (Å²) in [6.45, 7) is 3.09. The normalized spacial score (nSPS) is 15.3. The molecule has 1 aliphatic rings. The molecule has 1 heterocycles. The Hall–Kier alpha value is -1.39. The number of methoxy groups -OCH3 is 1. The minimum atomic E-state index is -0.0940. The van der Waals surface area contributed by atoms with Crippen molar-refractivity contribution in [3.05, 3.63) is 63.4 Å². The lowest BCUT2D eigenvalue weighted by molar-refractivity contribution is 0.220. The Kier molecular flexibility index (Phi) is 6.49. The first-order valence-corrected chi connectivity index (χ1v) is 9.77. The maximum Gasteiger partial charge on any atom is 0.126 e. The maximum atomic E-state index is 14.5. The summed E-state index contributed by atoms with van der Waals surface area (Å²) in [6, 6.07) is 11.5. The fraction of sp³-hybridized carbons (Fsp3) is 0.429. The molecule has 4 heteroatoms. The highest BCUT2D eigenvalue weighted by Crippen LogP contribution is 2.26. The summed E-state index contributed by atoms with van der Waals surface area (Å²) < 4.78 is 21.0. The largest absolute Gasteiger partial charge is 0.496 e. The van der Waals surface area contributed by atoms with Crippen LogP contribution >= 0.6 is 15.9 Å². The first-order valence-electron chi connectivity index (χ1n) is 8.98. The van der Waals surface area contributed by atoms with Crippen LogP contribution in [0.1, 0.15) is 36.0 Å². The van der Waals surface area contributed by atoms with Crippen molar-refractivity contribution in [3.8, 4) is 5.75 Å². The highest BCUT2D eigenvalue weighted by molar-refractivity contribution is 9.10. The second kappa shape index (κ2) is 8.81. The van der Waals surface area contributed by atoms with E-state index in [4.69, 9.17) is 4.74 Å². The van der Waals surface area contributed by atoms with E-state index in [0.717, 1.165) is 53.0 Å². The summed E-state index contributed by atoms with van der Waals surface area (Å²) in [5.41, 5.74) is 3.06. The van der Waals surface area contributed by atoms with Gasteiger partial charge in [-0.15, -0.1) is 0 Å². The molecule has 0 aromatic heterocycles. The van der Waals surface area contributed by atoms with E-state index in [-0.39, 0.29) is 5.82 Å². The topological polar surface area (TPSA) is 12.5 Å². The van der Waals surface area contributed by atoms with E-state index < -0.39 is 0 Å². The van der Waals surface area contributed by atoms with Crippen molar-refractivity contribution in [3.63, 3.8) is 0 Å². The Bertz CT molecular complexity index is 713. The molecule has 2 aromatic carbocycles. The van der Waals surface area contributed by atoms with Gasteiger partial charge >= 0.3 is 0 Å².